The van der Waals surface area contributed by atoms with E-state index in [-0.39, 0.29) is 0 Å². The van der Waals surface area contributed by atoms with Crippen molar-refractivity contribution >= 4 is 0 Å². The molecular formula is C16H14O4. The van der Waals surface area contributed by atoms with Gasteiger partial charge in [-0.05, 0) is 24.3 Å². The minimum absolute atomic E-state index is 0.447. The van der Waals surface area contributed by atoms with Crippen LogP contribution in [-0.4, -0.2) is 0 Å². The quantitative estimate of drug-likeness (QED) is 0.678. The Kier molecular flexibility index (Phi) is 3.73. The highest BCUT2D eigenvalue weighted by Gasteiger charge is 2.06. The molecule has 4 nitrogen and oxygen atoms in total. The first-order chi connectivity index (χ1) is 9.92. The van der Waals surface area contributed by atoms with E-state index in [4.69, 9.17) is 18.3 Å². The number of para-hydroxylation sites is 2. The molecule has 2 heterocycles. The summed E-state index contributed by atoms with van der Waals surface area (Å²) in [5.74, 6) is 1.41. The minimum Gasteiger partial charge on any atom is -0.485 e. The molecule has 0 aliphatic heterocycles. The molecule has 0 N–H and O–H groups in total. The topological polar surface area (TPSA) is 44.7 Å². The molecule has 20 heavy (non-hydrogen) atoms. The van der Waals surface area contributed by atoms with E-state index in [2.05, 4.69) is 0 Å². The van der Waals surface area contributed by atoms with Gasteiger partial charge < -0.3 is 18.3 Å². The Hall–Kier alpha value is -2.62. The lowest BCUT2D eigenvalue weighted by molar-refractivity contribution is 0.255. The lowest BCUT2D eigenvalue weighted by Crippen LogP contribution is -1.99. The maximum Gasteiger partial charge on any atom is 0.161 e. The predicted molar refractivity (Wildman–Crippen MR) is 72.5 cm³/mol. The van der Waals surface area contributed by atoms with Crippen LogP contribution >= 0.6 is 0 Å². The number of hydrogen-bond acceptors (Lipinski definition) is 4. The van der Waals surface area contributed by atoms with E-state index >= 15 is 0 Å². The van der Waals surface area contributed by atoms with Crippen molar-refractivity contribution in [2.75, 3.05) is 0 Å². The van der Waals surface area contributed by atoms with Gasteiger partial charge in [-0.3, -0.25) is 0 Å². The van der Waals surface area contributed by atoms with Gasteiger partial charge in [0.25, 0.3) is 0 Å². The van der Waals surface area contributed by atoms with E-state index < -0.39 is 0 Å². The van der Waals surface area contributed by atoms with Crippen LogP contribution in [0.2, 0.25) is 0 Å². The van der Waals surface area contributed by atoms with Gasteiger partial charge in [0.1, 0.15) is 13.2 Å². The number of rotatable bonds is 6. The van der Waals surface area contributed by atoms with Gasteiger partial charge in [0.2, 0.25) is 0 Å². The number of furan rings is 2. The molecule has 3 aromatic rings. The molecule has 102 valence electrons. The van der Waals surface area contributed by atoms with Crippen molar-refractivity contribution < 1.29 is 18.3 Å². The van der Waals surface area contributed by atoms with Crippen molar-refractivity contribution in [2.24, 2.45) is 0 Å². The Balaban J connectivity index is 1.64. The minimum atomic E-state index is 0.447. The fourth-order valence-electron chi connectivity index (χ4n) is 1.76. The van der Waals surface area contributed by atoms with Gasteiger partial charge in [0.15, 0.2) is 11.5 Å². The first-order valence-corrected chi connectivity index (χ1v) is 6.28. The Morgan fingerprint density at radius 1 is 0.700 bits per heavy atom. The second kappa shape index (κ2) is 6.02. The summed E-state index contributed by atoms with van der Waals surface area (Å²) in [6.07, 6.45) is 6.57. The summed E-state index contributed by atoms with van der Waals surface area (Å²) in [6.45, 7) is 0.894. The molecule has 0 amide bonds. The molecule has 0 spiro atoms. The molecule has 0 saturated heterocycles. The largest absolute Gasteiger partial charge is 0.485 e. The van der Waals surface area contributed by atoms with Crippen molar-refractivity contribution in [1.29, 1.82) is 0 Å². The molecule has 0 bridgehead atoms. The highest BCUT2D eigenvalue weighted by atomic mass is 16.5. The van der Waals surface area contributed by atoms with E-state index in [1.807, 2.05) is 36.4 Å². The zero-order valence-corrected chi connectivity index (χ0v) is 10.8. The predicted octanol–water partition coefficient (Wildman–Crippen LogP) is 4.03. The molecule has 0 saturated carbocycles. The molecule has 0 atom stereocenters. The van der Waals surface area contributed by atoms with Gasteiger partial charge in [-0.2, -0.15) is 0 Å². The molecule has 4 heteroatoms. The van der Waals surface area contributed by atoms with Gasteiger partial charge in [-0.25, -0.2) is 0 Å². The van der Waals surface area contributed by atoms with Gasteiger partial charge in [0.05, 0.1) is 25.1 Å². The standard InChI is InChI=1S/C16H14O4/c1-2-4-16(20-12-14-6-8-18-10-14)15(3-1)19-11-13-5-7-17-9-13/h1-10H,11-12H2. The van der Waals surface area contributed by atoms with Crippen LogP contribution in [0.3, 0.4) is 0 Å². The first-order valence-electron chi connectivity index (χ1n) is 6.28. The Morgan fingerprint density at radius 2 is 1.20 bits per heavy atom. The Morgan fingerprint density at radius 3 is 1.60 bits per heavy atom. The highest BCUT2D eigenvalue weighted by molar-refractivity contribution is 5.39. The van der Waals surface area contributed by atoms with E-state index in [0.717, 1.165) is 11.1 Å². The maximum absolute atomic E-state index is 5.74. The average Bonchev–Trinajstić information content (AvgIpc) is 3.17. The summed E-state index contributed by atoms with van der Waals surface area (Å²) in [5, 5.41) is 0. The normalized spacial score (nSPS) is 10.4. The Bertz CT molecular complexity index is 569. The summed E-state index contributed by atoms with van der Waals surface area (Å²) in [7, 11) is 0. The Labute approximate surface area is 116 Å². The van der Waals surface area contributed by atoms with Crippen molar-refractivity contribution in [1.82, 2.24) is 0 Å². The van der Waals surface area contributed by atoms with E-state index in [1.54, 1.807) is 25.1 Å². The highest BCUT2D eigenvalue weighted by Crippen LogP contribution is 2.28. The van der Waals surface area contributed by atoms with Crippen LogP contribution in [0.5, 0.6) is 11.5 Å². The molecule has 0 unspecified atom stereocenters. The fourth-order valence-corrected chi connectivity index (χ4v) is 1.76. The monoisotopic (exact) mass is 270 g/mol. The molecule has 0 aliphatic carbocycles. The van der Waals surface area contributed by atoms with Crippen LogP contribution in [0.1, 0.15) is 11.1 Å². The van der Waals surface area contributed by atoms with Crippen LogP contribution in [0.15, 0.2) is 70.3 Å². The fraction of sp³-hybridized carbons (Fsp3) is 0.125. The van der Waals surface area contributed by atoms with Gasteiger partial charge in [-0.1, -0.05) is 12.1 Å². The zero-order valence-electron chi connectivity index (χ0n) is 10.8. The molecule has 0 radical (unpaired) electrons. The van der Waals surface area contributed by atoms with E-state index in [1.165, 1.54) is 0 Å². The van der Waals surface area contributed by atoms with Crippen LogP contribution in [-0.2, 0) is 13.2 Å². The summed E-state index contributed by atoms with van der Waals surface area (Å²) in [5.41, 5.74) is 1.96. The third-order valence-electron chi connectivity index (χ3n) is 2.80. The van der Waals surface area contributed by atoms with Crippen LogP contribution in [0.4, 0.5) is 0 Å². The number of hydrogen-bond donors (Lipinski definition) is 0. The summed E-state index contributed by atoms with van der Waals surface area (Å²) < 4.78 is 21.5. The smallest absolute Gasteiger partial charge is 0.161 e. The lowest BCUT2D eigenvalue weighted by Gasteiger charge is -2.11. The van der Waals surface area contributed by atoms with Gasteiger partial charge >= 0.3 is 0 Å². The molecule has 2 aromatic heterocycles. The third kappa shape index (κ3) is 3.03. The van der Waals surface area contributed by atoms with Crippen molar-refractivity contribution in [3.63, 3.8) is 0 Å². The zero-order chi connectivity index (χ0) is 13.6. The van der Waals surface area contributed by atoms with Crippen LogP contribution in [0.25, 0.3) is 0 Å². The number of benzene rings is 1. The SMILES string of the molecule is c1ccc(OCc2ccoc2)c(OCc2ccoc2)c1. The summed E-state index contributed by atoms with van der Waals surface area (Å²) >= 11 is 0. The number of ether oxygens (including phenoxy) is 2. The third-order valence-corrected chi connectivity index (χ3v) is 2.80. The van der Waals surface area contributed by atoms with E-state index in [9.17, 15) is 0 Å². The van der Waals surface area contributed by atoms with Crippen molar-refractivity contribution in [3.8, 4) is 11.5 Å². The van der Waals surface area contributed by atoms with Gasteiger partial charge in [0, 0.05) is 11.1 Å². The van der Waals surface area contributed by atoms with Crippen LogP contribution in [0, 0.1) is 0 Å². The van der Waals surface area contributed by atoms with Crippen molar-refractivity contribution in [3.05, 3.63) is 72.6 Å². The molecular weight excluding hydrogens is 256 g/mol. The molecule has 3 rings (SSSR count). The maximum atomic E-state index is 5.74. The lowest BCUT2D eigenvalue weighted by atomic mass is 10.3. The first kappa shape index (κ1) is 12.4. The van der Waals surface area contributed by atoms with Gasteiger partial charge in [-0.15, -0.1) is 0 Å². The summed E-state index contributed by atoms with van der Waals surface area (Å²) in [4.78, 5) is 0. The average molecular weight is 270 g/mol. The van der Waals surface area contributed by atoms with E-state index in [0.29, 0.717) is 24.7 Å². The second-order valence-corrected chi connectivity index (χ2v) is 4.29. The molecule has 1 aromatic carbocycles. The molecule has 0 fully saturated rings. The van der Waals surface area contributed by atoms with Crippen LogP contribution < -0.4 is 9.47 Å². The van der Waals surface area contributed by atoms with Crippen molar-refractivity contribution in [2.45, 2.75) is 13.2 Å². The molecule has 0 aliphatic rings. The summed E-state index contributed by atoms with van der Waals surface area (Å²) in [6, 6.07) is 11.3. The second-order valence-electron chi connectivity index (χ2n) is 4.29.